The van der Waals surface area contributed by atoms with Crippen molar-refractivity contribution in [3.05, 3.63) is 30.1 Å². The third-order valence-corrected chi connectivity index (χ3v) is 2.29. The van der Waals surface area contributed by atoms with Gasteiger partial charge in [0.1, 0.15) is 0 Å². The number of pyridine rings is 1. The standard InChI is InChI=1S/C12H17N3O3/c1-2-18-12(17)10(13)11(16)15-8-5-9-3-6-14-7-4-9/h3-4,6-7,10H,2,5,8,13H2,1H3,(H,15,16). The van der Waals surface area contributed by atoms with Gasteiger partial charge >= 0.3 is 5.97 Å². The maximum atomic E-state index is 11.5. The fourth-order valence-corrected chi connectivity index (χ4v) is 1.33. The molecule has 6 heteroatoms. The van der Waals surface area contributed by atoms with Gasteiger partial charge in [-0.05, 0) is 31.0 Å². The molecule has 0 aliphatic heterocycles. The summed E-state index contributed by atoms with van der Waals surface area (Å²) in [6.07, 6.45) is 4.02. The normalized spacial score (nSPS) is 11.7. The molecule has 0 bridgehead atoms. The number of carbonyl (C=O) groups is 2. The van der Waals surface area contributed by atoms with Crippen LogP contribution in [0.1, 0.15) is 12.5 Å². The number of rotatable bonds is 6. The number of esters is 1. The fourth-order valence-electron chi connectivity index (χ4n) is 1.33. The summed E-state index contributed by atoms with van der Waals surface area (Å²) in [5.41, 5.74) is 6.48. The Labute approximate surface area is 106 Å². The van der Waals surface area contributed by atoms with Crippen molar-refractivity contribution in [1.29, 1.82) is 0 Å². The van der Waals surface area contributed by atoms with Gasteiger partial charge in [0.25, 0.3) is 0 Å². The second-order valence-electron chi connectivity index (χ2n) is 3.63. The van der Waals surface area contributed by atoms with Gasteiger partial charge in [0.2, 0.25) is 5.91 Å². The number of hydrogen-bond acceptors (Lipinski definition) is 5. The van der Waals surface area contributed by atoms with Crippen LogP contribution < -0.4 is 11.1 Å². The zero-order chi connectivity index (χ0) is 13.4. The van der Waals surface area contributed by atoms with E-state index in [4.69, 9.17) is 5.73 Å². The highest BCUT2D eigenvalue weighted by Gasteiger charge is 2.22. The van der Waals surface area contributed by atoms with E-state index in [-0.39, 0.29) is 6.61 Å². The molecule has 0 spiro atoms. The number of nitrogens with two attached hydrogens (primary N) is 1. The Bertz CT molecular complexity index is 395. The molecule has 0 aromatic carbocycles. The molecule has 1 aromatic heterocycles. The maximum absolute atomic E-state index is 11.5. The van der Waals surface area contributed by atoms with Crippen LogP contribution in [0.3, 0.4) is 0 Å². The maximum Gasteiger partial charge on any atom is 0.332 e. The summed E-state index contributed by atoms with van der Waals surface area (Å²) in [6.45, 7) is 2.28. The quantitative estimate of drug-likeness (QED) is 0.531. The van der Waals surface area contributed by atoms with Gasteiger partial charge in [0, 0.05) is 18.9 Å². The molecule has 3 N–H and O–H groups in total. The number of amides is 1. The van der Waals surface area contributed by atoms with Gasteiger partial charge in [-0.15, -0.1) is 0 Å². The minimum Gasteiger partial charge on any atom is -0.464 e. The third kappa shape index (κ3) is 4.50. The number of nitrogens with zero attached hydrogens (tertiary/aromatic N) is 1. The van der Waals surface area contributed by atoms with Crippen LogP contribution in [0.15, 0.2) is 24.5 Å². The lowest BCUT2D eigenvalue weighted by Crippen LogP contribution is -2.47. The molecule has 0 aliphatic carbocycles. The summed E-state index contributed by atoms with van der Waals surface area (Å²) in [7, 11) is 0. The Morgan fingerprint density at radius 2 is 2.11 bits per heavy atom. The largest absolute Gasteiger partial charge is 0.464 e. The van der Waals surface area contributed by atoms with E-state index in [0.717, 1.165) is 5.56 Å². The van der Waals surface area contributed by atoms with Gasteiger partial charge in [-0.1, -0.05) is 0 Å². The summed E-state index contributed by atoms with van der Waals surface area (Å²) < 4.78 is 4.66. The first kappa shape index (κ1) is 14.1. The van der Waals surface area contributed by atoms with Crippen LogP contribution in [0.25, 0.3) is 0 Å². The zero-order valence-electron chi connectivity index (χ0n) is 10.3. The summed E-state index contributed by atoms with van der Waals surface area (Å²) in [5, 5.41) is 2.59. The van der Waals surface area contributed by atoms with E-state index in [0.29, 0.717) is 13.0 Å². The molecule has 1 unspecified atom stereocenters. The third-order valence-electron chi connectivity index (χ3n) is 2.29. The van der Waals surface area contributed by atoms with Gasteiger partial charge in [-0.3, -0.25) is 9.78 Å². The first-order valence-corrected chi connectivity index (χ1v) is 5.74. The van der Waals surface area contributed by atoms with Crippen molar-refractivity contribution in [1.82, 2.24) is 10.3 Å². The lowest BCUT2D eigenvalue weighted by molar-refractivity contribution is -0.147. The van der Waals surface area contributed by atoms with E-state index >= 15 is 0 Å². The Balaban J connectivity index is 2.31. The molecule has 1 atom stereocenters. The van der Waals surface area contributed by atoms with Crippen molar-refractivity contribution < 1.29 is 14.3 Å². The lowest BCUT2D eigenvalue weighted by atomic mass is 10.2. The topological polar surface area (TPSA) is 94.3 Å². The minimum atomic E-state index is -1.26. The van der Waals surface area contributed by atoms with Gasteiger partial charge < -0.3 is 15.8 Å². The van der Waals surface area contributed by atoms with Crippen LogP contribution in [-0.2, 0) is 20.7 Å². The highest BCUT2D eigenvalue weighted by Crippen LogP contribution is 1.96. The molecule has 18 heavy (non-hydrogen) atoms. The Kier molecular flexibility index (Phi) is 5.79. The second kappa shape index (κ2) is 7.39. The number of ether oxygens (including phenoxy) is 1. The first-order chi connectivity index (χ1) is 8.65. The van der Waals surface area contributed by atoms with Crippen LogP contribution in [0.5, 0.6) is 0 Å². The summed E-state index contributed by atoms with van der Waals surface area (Å²) >= 11 is 0. The van der Waals surface area contributed by atoms with Crippen LogP contribution in [0.4, 0.5) is 0 Å². The minimum absolute atomic E-state index is 0.205. The van der Waals surface area contributed by atoms with Gasteiger partial charge in [-0.25, -0.2) is 4.79 Å². The van der Waals surface area contributed by atoms with Crippen LogP contribution in [0, 0.1) is 0 Å². The van der Waals surface area contributed by atoms with E-state index < -0.39 is 17.9 Å². The zero-order valence-corrected chi connectivity index (χ0v) is 10.3. The predicted molar refractivity (Wildman–Crippen MR) is 65.6 cm³/mol. The Morgan fingerprint density at radius 1 is 1.44 bits per heavy atom. The van der Waals surface area contributed by atoms with Crippen molar-refractivity contribution in [2.75, 3.05) is 13.2 Å². The molecule has 1 amide bonds. The highest BCUT2D eigenvalue weighted by atomic mass is 16.5. The molecule has 1 aromatic rings. The van der Waals surface area contributed by atoms with Crippen molar-refractivity contribution in [2.45, 2.75) is 19.4 Å². The molecule has 0 radical (unpaired) electrons. The van der Waals surface area contributed by atoms with E-state index in [2.05, 4.69) is 15.0 Å². The lowest BCUT2D eigenvalue weighted by Gasteiger charge is -2.11. The molecule has 0 aliphatic rings. The molecule has 1 heterocycles. The molecular formula is C12H17N3O3. The average Bonchev–Trinajstić information content (AvgIpc) is 2.39. The number of carbonyl (C=O) groups excluding carboxylic acids is 2. The first-order valence-electron chi connectivity index (χ1n) is 5.74. The van der Waals surface area contributed by atoms with Crippen LogP contribution in [-0.4, -0.2) is 36.1 Å². The van der Waals surface area contributed by atoms with Gasteiger partial charge in [0.15, 0.2) is 6.04 Å². The fraction of sp³-hybridized carbons (Fsp3) is 0.417. The van der Waals surface area contributed by atoms with Crippen LogP contribution >= 0.6 is 0 Å². The molecule has 1 rings (SSSR count). The van der Waals surface area contributed by atoms with Crippen LogP contribution in [0.2, 0.25) is 0 Å². The molecule has 6 nitrogen and oxygen atoms in total. The number of nitrogens with one attached hydrogen (secondary N) is 1. The summed E-state index contributed by atoms with van der Waals surface area (Å²) in [4.78, 5) is 26.6. The number of aromatic nitrogens is 1. The molecular weight excluding hydrogens is 234 g/mol. The van der Waals surface area contributed by atoms with Crippen molar-refractivity contribution in [2.24, 2.45) is 5.73 Å². The average molecular weight is 251 g/mol. The van der Waals surface area contributed by atoms with Crippen molar-refractivity contribution in [3.8, 4) is 0 Å². The van der Waals surface area contributed by atoms with Gasteiger partial charge in [0.05, 0.1) is 6.61 Å². The van der Waals surface area contributed by atoms with Crippen molar-refractivity contribution >= 4 is 11.9 Å². The summed E-state index contributed by atoms with van der Waals surface area (Å²) in [5.74, 6) is -1.23. The molecule has 0 saturated carbocycles. The van der Waals surface area contributed by atoms with Crippen molar-refractivity contribution in [3.63, 3.8) is 0 Å². The number of hydrogen-bond donors (Lipinski definition) is 2. The monoisotopic (exact) mass is 251 g/mol. The molecule has 0 fully saturated rings. The highest BCUT2D eigenvalue weighted by molar-refractivity contribution is 6.01. The van der Waals surface area contributed by atoms with E-state index in [1.54, 1.807) is 19.3 Å². The predicted octanol–water partition coefficient (Wildman–Crippen LogP) is -0.369. The Hall–Kier alpha value is -1.95. The van der Waals surface area contributed by atoms with E-state index in [1.807, 2.05) is 12.1 Å². The van der Waals surface area contributed by atoms with E-state index in [9.17, 15) is 9.59 Å². The van der Waals surface area contributed by atoms with Gasteiger partial charge in [-0.2, -0.15) is 0 Å². The smallest absolute Gasteiger partial charge is 0.332 e. The summed E-state index contributed by atoms with van der Waals surface area (Å²) in [6, 6.07) is 2.46. The van der Waals surface area contributed by atoms with E-state index in [1.165, 1.54) is 0 Å². The second-order valence-corrected chi connectivity index (χ2v) is 3.63. The molecule has 0 saturated heterocycles. The molecule has 98 valence electrons. The Morgan fingerprint density at radius 3 is 2.72 bits per heavy atom. The SMILES string of the molecule is CCOC(=O)C(N)C(=O)NCCc1ccncc1.